The number of amides is 3. The highest BCUT2D eigenvalue weighted by Crippen LogP contribution is 2.30. The van der Waals surface area contributed by atoms with Crippen LogP contribution in [-0.2, 0) is 11.2 Å². The fourth-order valence-corrected chi connectivity index (χ4v) is 3.54. The van der Waals surface area contributed by atoms with Gasteiger partial charge in [-0.15, -0.1) is 0 Å². The lowest BCUT2D eigenvalue weighted by molar-refractivity contribution is -0.120. The van der Waals surface area contributed by atoms with Crippen LogP contribution in [0.3, 0.4) is 0 Å². The summed E-state index contributed by atoms with van der Waals surface area (Å²) < 4.78 is 27.0. The number of hydrogen-bond donors (Lipinski definition) is 2. The summed E-state index contributed by atoms with van der Waals surface area (Å²) in [6.45, 7) is 0.511. The molecule has 3 aromatic rings. The largest absolute Gasteiger partial charge is 0.322 e. The maximum atomic E-state index is 13.9. The average Bonchev–Trinajstić information content (AvgIpc) is 3.18. The number of nitrogens with zero attached hydrogens (tertiary/aromatic N) is 1. The fraction of sp³-hybridized carbons (Fsp3) is 0.130. The molecule has 3 amide bonds. The minimum absolute atomic E-state index is 0.181. The normalized spacial score (nSPS) is 13.5. The van der Waals surface area contributed by atoms with Crippen LogP contribution >= 0.6 is 0 Å². The number of rotatable bonds is 4. The molecule has 1 heterocycles. The predicted octanol–water partition coefficient (Wildman–Crippen LogP) is 4.42. The molecule has 152 valence electrons. The first kappa shape index (κ1) is 19.6. The van der Waals surface area contributed by atoms with Crippen LogP contribution in [0.15, 0.2) is 72.8 Å². The zero-order chi connectivity index (χ0) is 21.1. The van der Waals surface area contributed by atoms with Crippen molar-refractivity contribution in [1.29, 1.82) is 0 Å². The summed E-state index contributed by atoms with van der Waals surface area (Å²) in [5, 5.41) is 4.97. The van der Waals surface area contributed by atoms with Gasteiger partial charge in [-0.3, -0.25) is 4.79 Å². The number of carbonyl (C=O) groups is 2. The van der Waals surface area contributed by atoms with Gasteiger partial charge >= 0.3 is 6.03 Å². The van der Waals surface area contributed by atoms with Gasteiger partial charge in [0.2, 0.25) is 0 Å². The van der Waals surface area contributed by atoms with Gasteiger partial charge in [0.1, 0.15) is 17.7 Å². The third-order valence-corrected chi connectivity index (χ3v) is 4.99. The van der Waals surface area contributed by atoms with Gasteiger partial charge in [-0.25, -0.2) is 13.6 Å². The van der Waals surface area contributed by atoms with Crippen LogP contribution in [-0.4, -0.2) is 18.5 Å². The monoisotopic (exact) mass is 407 g/mol. The Hall–Kier alpha value is -3.74. The van der Waals surface area contributed by atoms with Crippen molar-refractivity contribution in [2.45, 2.75) is 12.5 Å². The molecule has 0 spiro atoms. The number of carbonyl (C=O) groups excluding carboxylic acids is 2. The van der Waals surface area contributed by atoms with Gasteiger partial charge in [0.05, 0.1) is 5.69 Å². The number of halogens is 2. The van der Waals surface area contributed by atoms with E-state index in [-0.39, 0.29) is 11.6 Å². The summed E-state index contributed by atoms with van der Waals surface area (Å²) in [4.78, 5) is 27.6. The Morgan fingerprint density at radius 3 is 2.43 bits per heavy atom. The minimum Gasteiger partial charge on any atom is -0.322 e. The molecule has 0 fully saturated rings. The van der Waals surface area contributed by atoms with E-state index in [9.17, 15) is 18.4 Å². The summed E-state index contributed by atoms with van der Waals surface area (Å²) in [5.74, 6) is -1.94. The molecular weight excluding hydrogens is 388 g/mol. The van der Waals surface area contributed by atoms with Crippen molar-refractivity contribution in [2.24, 2.45) is 0 Å². The van der Waals surface area contributed by atoms with Gasteiger partial charge in [0.15, 0.2) is 0 Å². The Labute approximate surface area is 172 Å². The maximum absolute atomic E-state index is 13.9. The molecule has 1 unspecified atom stereocenters. The molecule has 1 aliphatic rings. The van der Waals surface area contributed by atoms with Gasteiger partial charge in [0.25, 0.3) is 5.91 Å². The molecule has 0 aliphatic carbocycles. The molecule has 0 aromatic heterocycles. The van der Waals surface area contributed by atoms with Gasteiger partial charge in [0, 0.05) is 18.3 Å². The molecule has 0 bridgehead atoms. The molecule has 5 nitrogen and oxygen atoms in total. The molecule has 0 saturated heterocycles. The highest BCUT2D eigenvalue weighted by Gasteiger charge is 2.32. The lowest BCUT2D eigenvalue weighted by Gasteiger charge is -2.25. The van der Waals surface area contributed by atoms with Crippen LogP contribution in [0, 0.1) is 11.6 Å². The van der Waals surface area contributed by atoms with E-state index < -0.39 is 23.7 Å². The van der Waals surface area contributed by atoms with E-state index >= 15 is 0 Å². The highest BCUT2D eigenvalue weighted by atomic mass is 19.1. The Balaban J connectivity index is 1.58. The minimum atomic E-state index is -0.971. The Morgan fingerprint density at radius 1 is 0.933 bits per heavy atom. The summed E-state index contributed by atoms with van der Waals surface area (Å²) in [7, 11) is 0. The van der Waals surface area contributed by atoms with E-state index in [1.807, 2.05) is 30.3 Å². The van der Waals surface area contributed by atoms with E-state index in [2.05, 4.69) is 10.6 Å². The van der Waals surface area contributed by atoms with E-state index in [0.717, 1.165) is 29.8 Å². The number of benzene rings is 3. The number of urea groups is 1. The van der Waals surface area contributed by atoms with Crippen molar-refractivity contribution in [3.8, 4) is 0 Å². The number of hydrogen-bond acceptors (Lipinski definition) is 2. The maximum Gasteiger partial charge on any atom is 0.320 e. The Bertz CT molecular complexity index is 1090. The molecule has 0 saturated carbocycles. The average molecular weight is 407 g/mol. The zero-order valence-corrected chi connectivity index (χ0v) is 15.9. The molecule has 1 atom stereocenters. The quantitative estimate of drug-likeness (QED) is 0.673. The van der Waals surface area contributed by atoms with E-state index in [0.29, 0.717) is 18.2 Å². The molecule has 1 aliphatic heterocycles. The number of para-hydroxylation sites is 1. The van der Waals surface area contributed by atoms with Gasteiger partial charge in [-0.05, 0) is 35.7 Å². The SMILES string of the molecule is O=C(Nc1ccc(F)cc1F)NC(C(=O)N1CCc2ccccc21)c1ccccc1. The summed E-state index contributed by atoms with van der Waals surface area (Å²) >= 11 is 0. The van der Waals surface area contributed by atoms with E-state index in [1.54, 1.807) is 29.2 Å². The lowest BCUT2D eigenvalue weighted by atomic mass is 10.1. The zero-order valence-electron chi connectivity index (χ0n) is 15.9. The van der Waals surface area contributed by atoms with Crippen LogP contribution in [0.5, 0.6) is 0 Å². The van der Waals surface area contributed by atoms with Crippen LogP contribution in [0.2, 0.25) is 0 Å². The van der Waals surface area contributed by atoms with Crippen molar-refractivity contribution in [2.75, 3.05) is 16.8 Å². The molecular formula is C23H19F2N3O2. The molecule has 7 heteroatoms. The summed E-state index contributed by atoms with van der Waals surface area (Å²) in [6, 6.07) is 17.6. The van der Waals surface area contributed by atoms with Crippen LogP contribution in [0.25, 0.3) is 0 Å². The van der Waals surface area contributed by atoms with Crippen molar-refractivity contribution < 1.29 is 18.4 Å². The van der Waals surface area contributed by atoms with Gasteiger partial charge < -0.3 is 15.5 Å². The number of anilines is 2. The first-order chi connectivity index (χ1) is 14.5. The Morgan fingerprint density at radius 2 is 1.67 bits per heavy atom. The van der Waals surface area contributed by atoms with Crippen molar-refractivity contribution >= 4 is 23.3 Å². The third-order valence-electron chi connectivity index (χ3n) is 4.99. The second-order valence-electron chi connectivity index (χ2n) is 6.93. The molecule has 2 N–H and O–H groups in total. The molecule has 3 aromatic carbocycles. The van der Waals surface area contributed by atoms with Crippen LogP contribution in [0.1, 0.15) is 17.2 Å². The highest BCUT2D eigenvalue weighted by molar-refractivity contribution is 6.02. The van der Waals surface area contributed by atoms with E-state index in [1.165, 1.54) is 0 Å². The lowest BCUT2D eigenvalue weighted by Crippen LogP contribution is -2.44. The smallest absolute Gasteiger partial charge is 0.320 e. The van der Waals surface area contributed by atoms with Crippen molar-refractivity contribution in [1.82, 2.24) is 5.32 Å². The summed E-state index contributed by atoms with van der Waals surface area (Å²) in [5.41, 5.74) is 2.30. The second kappa shape index (κ2) is 8.32. The van der Waals surface area contributed by atoms with Gasteiger partial charge in [-0.2, -0.15) is 0 Å². The van der Waals surface area contributed by atoms with Gasteiger partial charge in [-0.1, -0.05) is 48.5 Å². The Kier molecular flexibility index (Phi) is 5.43. The summed E-state index contributed by atoms with van der Waals surface area (Å²) in [6.07, 6.45) is 0.733. The third kappa shape index (κ3) is 4.00. The standard InChI is InChI=1S/C23H19F2N3O2/c24-17-10-11-19(18(25)14-17)26-23(30)27-21(16-7-2-1-3-8-16)22(29)28-13-12-15-6-4-5-9-20(15)28/h1-11,14,21H,12-13H2,(H2,26,27,30). The first-order valence-corrected chi connectivity index (χ1v) is 9.50. The van der Waals surface area contributed by atoms with Crippen molar-refractivity contribution in [3.05, 3.63) is 95.6 Å². The fourth-order valence-electron chi connectivity index (χ4n) is 3.54. The van der Waals surface area contributed by atoms with Crippen molar-refractivity contribution in [3.63, 3.8) is 0 Å². The van der Waals surface area contributed by atoms with Crippen LogP contribution < -0.4 is 15.5 Å². The van der Waals surface area contributed by atoms with E-state index in [4.69, 9.17) is 0 Å². The topological polar surface area (TPSA) is 61.4 Å². The molecule has 4 rings (SSSR count). The van der Waals surface area contributed by atoms with Crippen LogP contribution in [0.4, 0.5) is 25.0 Å². The predicted molar refractivity (Wildman–Crippen MR) is 110 cm³/mol. The number of fused-ring (bicyclic) bond motifs is 1. The number of nitrogens with one attached hydrogen (secondary N) is 2. The second-order valence-corrected chi connectivity index (χ2v) is 6.93. The molecule has 30 heavy (non-hydrogen) atoms. The molecule has 0 radical (unpaired) electrons. The first-order valence-electron chi connectivity index (χ1n) is 9.50.